The van der Waals surface area contributed by atoms with Crippen molar-refractivity contribution < 1.29 is 9.18 Å². The van der Waals surface area contributed by atoms with Crippen molar-refractivity contribution in [2.75, 3.05) is 10.6 Å². The molecule has 2 aromatic carbocycles. The lowest BCUT2D eigenvalue weighted by atomic mass is 10.0. The lowest BCUT2D eigenvalue weighted by Gasteiger charge is -2.15. The van der Waals surface area contributed by atoms with Crippen LogP contribution < -0.4 is 16.2 Å². The summed E-state index contributed by atoms with van der Waals surface area (Å²) in [5.41, 5.74) is 2.50. The number of nitrogens with one attached hydrogen (secondary N) is 2. The summed E-state index contributed by atoms with van der Waals surface area (Å²) in [4.78, 5) is 29.4. The van der Waals surface area contributed by atoms with Gasteiger partial charge in [-0.05, 0) is 54.8 Å². The molecule has 29 heavy (non-hydrogen) atoms. The number of nitrogens with zero attached hydrogens (tertiary/aromatic N) is 2. The van der Waals surface area contributed by atoms with Crippen LogP contribution in [-0.2, 0) is 11.3 Å². The molecule has 3 aromatic rings. The number of hydrogen-bond donors (Lipinski definition) is 2. The van der Waals surface area contributed by atoms with Crippen LogP contribution in [0.4, 0.5) is 21.7 Å². The van der Waals surface area contributed by atoms with Crippen LogP contribution in [0.25, 0.3) is 0 Å². The molecule has 0 aliphatic rings. The van der Waals surface area contributed by atoms with Crippen molar-refractivity contribution >= 4 is 23.2 Å². The van der Waals surface area contributed by atoms with E-state index in [9.17, 15) is 14.0 Å². The Balaban J connectivity index is 1.82. The Kier molecular flexibility index (Phi) is 6.07. The second-order valence-corrected chi connectivity index (χ2v) is 7.11. The van der Waals surface area contributed by atoms with E-state index in [2.05, 4.69) is 29.5 Å². The number of aromatic nitrogens is 2. The van der Waals surface area contributed by atoms with Crippen LogP contribution in [0.3, 0.4) is 0 Å². The molecule has 3 rings (SSSR count). The van der Waals surface area contributed by atoms with Crippen LogP contribution in [0.2, 0.25) is 0 Å². The largest absolute Gasteiger partial charge is 0.326 e. The van der Waals surface area contributed by atoms with Gasteiger partial charge in [0.05, 0.1) is 0 Å². The normalized spacial score (nSPS) is 10.8. The fourth-order valence-electron chi connectivity index (χ4n) is 2.85. The summed E-state index contributed by atoms with van der Waals surface area (Å²) in [6.45, 7) is 5.64. The molecule has 0 aliphatic carbocycles. The summed E-state index contributed by atoms with van der Waals surface area (Å²) in [7, 11) is 0. The van der Waals surface area contributed by atoms with Gasteiger partial charge >= 0.3 is 0 Å². The number of carbonyl (C=O) groups excluding carboxylic acids is 1. The van der Waals surface area contributed by atoms with Crippen molar-refractivity contribution in [3.8, 4) is 0 Å². The Morgan fingerprint density at radius 1 is 1.10 bits per heavy atom. The summed E-state index contributed by atoms with van der Waals surface area (Å²) in [5.74, 6) is -0.163. The molecule has 0 unspecified atom stereocenters. The molecule has 6 nitrogen and oxygen atoms in total. The first-order valence-electron chi connectivity index (χ1n) is 9.32. The smallest absolute Gasteiger partial charge is 0.255 e. The molecule has 0 saturated carbocycles. The van der Waals surface area contributed by atoms with Crippen LogP contribution in [0, 0.1) is 12.7 Å². The molecular formula is C22H23FN4O2. The highest BCUT2D eigenvalue weighted by atomic mass is 19.1. The molecule has 1 amide bonds. The molecule has 0 radical (unpaired) electrons. The summed E-state index contributed by atoms with van der Waals surface area (Å²) in [6.07, 6.45) is 0. The van der Waals surface area contributed by atoms with E-state index in [0.717, 1.165) is 5.56 Å². The van der Waals surface area contributed by atoms with E-state index in [-0.39, 0.29) is 29.8 Å². The average molecular weight is 394 g/mol. The zero-order chi connectivity index (χ0) is 21.0. The molecule has 7 heteroatoms. The first-order chi connectivity index (χ1) is 13.8. The number of benzene rings is 2. The SMILES string of the molecule is Cc1cc(=O)n(CC(=O)Nc2cccc(C(C)C)c2)c(Nc2ccc(F)cc2)n1. The molecule has 1 aromatic heterocycles. The molecule has 0 fully saturated rings. The second-order valence-electron chi connectivity index (χ2n) is 7.11. The number of rotatable bonds is 6. The minimum absolute atomic E-state index is 0.207. The van der Waals surface area contributed by atoms with Crippen LogP contribution >= 0.6 is 0 Å². The van der Waals surface area contributed by atoms with Crippen molar-refractivity contribution in [1.82, 2.24) is 9.55 Å². The van der Waals surface area contributed by atoms with E-state index < -0.39 is 0 Å². The summed E-state index contributed by atoms with van der Waals surface area (Å²) in [5, 5.41) is 5.80. The van der Waals surface area contributed by atoms with Gasteiger partial charge in [-0.25, -0.2) is 9.37 Å². The summed E-state index contributed by atoms with van der Waals surface area (Å²) in [6, 6.07) is 14.6. The van der Waals surface area contributed by atoms with Gasteiger partial charge in [0, 0.05) is 23.1 Å². The monoisotopic (exact) mass is 394 g/mol. The molecule has 0 atom stereocenters. The van der Waals surface area contributed by atoms with E-state index in [4.69, 9.17) is 0 Å². The number of aryl methyl sites for hydroxylation is 1. The van der Waals surface area contributed by atoms with Crippen molar-refractivity contribution in [3.63, 3.8) is 0 Å². The van der Waals surface area contributed by atoms with E-state index in [1.165, 1.54) is 34.9 Å². The van der Waals surface area contributed by atoms with Crippen molar-refractivity contribution in [1.29, 1.82) is 0 Å². The first kappa shape index (κ1) is 20.3. The van der Waals surface area contributed by atoms with Gasteiger partial charge in [-0.1, -0.05) is 26.0 Å². The molecular weight excluding hydrogens is 371 g/mol. The van der Waals surface area contributed by atoms with Gasteiger partial charge in [0.15, 0.2) is 0 Å². The Labute approximate surface area is 168 Å². The fraction of sp³-hybridized carbons (Fsp3) is 0.227. The Bertz CT molecular complexity index is 1070. The third-order valence-electron chi connectivity index (χ3n) is 4.38. The average Bonchev–Trinajstić information content (AvgIpc) is 2.66. The molecule has 2 N–H and O–H groups in total. The minimum Gasteiger partial charge on any atom is -0.326 e. The summed E-state index contributed by atoms with van der Waals surface area (Å²) >= 11 is 0. The predicted octanol–water partition coefficient (Wildman–Crippen LogP) is 4.20. The third kappa shape index (κ3) is 5.28. The molecule has 0 saturated heterocycles. The lowest BCUT2D eigenvalue weighted by Crippen LogP contribution is -2.30. The zero-order valence-electron chi connectivity index (χ0n) is 16.6. The number of anilines is 3. The molecule has 0 aliphatic heterocycles. The van der Waals surface area contributed by atoms with E-state index in [1.807, 2.05) is 18.2 Å². The number of amides is 1. The highest BCUT2D eigenvalue weighted by Gasteiger charge is 2.13. The van der Waals surface area contributed by atoms with Crippen molar-refractivity contribution in [2.45, 2.75) is 33.2 Å². The second kappa shape index (κ2) is 8.68. The highest BCUT2D eigenvalue weighted by molar-refractivity contribution is 5.90. The summed E-state index contributed by atoms with van der Waals surface area (Å²) < 4.78 is 14.4. The van der Waals surface area contributed by atoms with Crippen molar-refractivity contribution in [3.05, 3.63) is 82.0 Å². The number of halogens is 1. The topological polar surface area (TPSA) is 76.0 Å². The van der Waals surface area contributed by atoms with Crippen LogP contribution in [0.5, 0.6) is 0 Å². The van der Waals surface area contributed by atoms with Crippen molar-refractivity contribution in [2.24, 2.45) is 0 Å². The Hall–Kier alpha value is -3.48. The maximum Gasteiger partial charge on any atom is 0.255 e. The Morgan fingerprint density at radius 2 is 1.83 bits per heavy atom. The molecule has 1 heterocycles. The maximum absolute atomic E-state index is 13.1. The maximum atomic E-state index is 13.1. The van der Waals surface area contributed by atoms with Gasteiger partial charge in [-0.3, -0.25) is 14.2 Å². The van der Waals surface area contributed by atoms with Gasteiger partial charge in [-0.2, -0.15) is 0 Å². The van der Waals surface area contributed by atoms with E-state index >= 15 is 0 Å². The standard InChI is InChI=1S/C22H23FN4O2/c1-14(2)16-5-4-6-19(12-16)25-20(28)13-27-21(29)11-15(3)24-22(27)26-18-9-7-17(23)8-10-18/h4-12,14H,13H2,1-3H3,(H,24,26)(H,25,28). The lowest BCUT2D eigenvalue weighted by molar-refractivity contribution is -0.116. The van der Waals surface area contributed by atoms with Crippen LogP contribution in [-0.4, -0.2) is 15.5 Å². The molecule has 0 spiro atoms. The third-order valence-corrected chi connectivity index (χ3v) is 4.38. The van der Waals surface area contributed by atoms with E-state index in [1.54, 1.807) is 13.0 Å². The number of hydrogen-bond acceptors (Lipinski definition) is 4. The van der Waals surface area contributed by atoms with Gasteiger partial charge in [0.25, 0.3) is 5.56 Å². The van der Waals surface area contributed by atoms with Crippen LogP contribution in [0.1, 0.15) is 31.0 Å². The minimum atomic E-state index is -0.367. The first-order valence-corrected chi connectivity index (χ1v) is 9.32. The molecule has 150 valence electrons. The zero-order valence-corrected chi connectivity index (χ0v) is 16.6. The quantitative estimate of drug-likeness (QED) is 0.657. The molecule has 0 bridgehead atoms. The highest BCUT2D eigenvalue weighted by Crippen LogP contribution is 2.19. The van der Waals surface area contributed by atoms with Gasteiger partial charge in [0.1, 0.15) is 12.4 Å². The van der Waals surface area contributed by atoms with Crippen LogP contribution in [0.15, 0.2) is 59.4 Å². The van der Waals surface area contributed by atoms with Gasteiger partial charge in [0.2, 0.25) is 11.9 Å². The number of carbonyl (C=O) groups is 1. The fourth-order valence-corrected chi connectivity index (χ4v) is 2.85. The van der Waals surface area contributed by atoms with E-state index in [0.29, 0.717) is 23.0 Å². The van der Waals surface area contributed by atoms with Gasteiger partial charge < -0.3 is 10.6 Å². The van der Waals surface area contributed by atoms with Gasteiger partial charge in [-0.15, -0.1) is 0 Å². The predicted molar refractivity (Wildman–Crippen MR) is 112 cm³/mol. The Morgan fingerprint density at radius 3 is 2.52 bits per heavy atom.